The standard InChI is InChI=1S/C23H20O6S/c1-16-3-7-19(8-4-16)23(25)28-15-22(24)18-9-11-20(12-10-18)29-30(26,27)21-13-5-17(2)6-14-21/h3-14H,15H2,1-2H3. The number of ketones is 1. The van der Waals surface area contributed by atoms with Gasteiger partial charge in [-0.05, 0) is 62.4 Å². The highest BCUT2D eigenvalue weighted by Gasteiger charge is 2.17. The van der Waals surface area contributed by atoms with Gasteiger partial charge in [0.2, 0.25) is 0 Å². The monoisotopic (exact) mass is 424 g/mol. The van der Waals surface area contributed by atoms with E-state index in [9.17, 15) is 18.0 Å². The first kappa shape index (κ1) is 21.3. The number of benzene rings is 3. The van der Waals surface area contributed by atoms with E-state index in [4.69, 9.17) is 8.92 Å². The largest absolute Gasteiger partial charge is 0.454 e. The van der Waals surface area contributed by atoms with Crippen LogP contribution in [0.2, 0.25) is 0 Å². The molecule has 3 aromatic rings. The van der Waals surface area contributed by atoms with E-state index >= 15 is 0 Å². The van der Waals surface area contributed by atoms with Crippen LogP contribution in [0.4, 0.5) is 0 Å². The third-order valence-corrected chi connectivity index (χ3v) is 5.57. The number of ether oxygens (including phenoxy) is 1. The van der Waals surface area contributed by atoms with Crippen molar-refractivity contribution in [1.29, 1.82) is 0 Å². The zero-order valence-corrected chi connectivity index (χ0v) is 17.3. The van der Waals surface area contributed by atoms with Gasteiger partial charge in [0.25, 0.3) is 0 Å². The van der Waals surface area contributed by atoms with Crippen LogP contribution in [0.25, 0.3) is 0 Å². The van der Waals surface area contributed by atoms with E-state index in [1.54, 1.807) is 36.4 Å². The maximum atomic E-state index is 12.3. The number of carbonyl (C=O) groups excluding carboxylic acids is 2. The van der Waals surface area contributed by atoms with Crippen LogP contribution in [0, 0.1) is 13.8 Å². The molecule has 30 heavy (non-hydrogen) atoms. The van der Waals surface area contributed by atoms with E-state index in [0.29, 0.717) is 5.56 Å². The lowest BCUT2D eigenvalue weighted by Crippen LogP contribution is -2.14. The normalized spacial score (nSPS) is 11.0. The summed E-state index contributed by atoms with van der Waals surface area (Å²) in [4.78, 5) is 24.3. The van der Waals surface area contributed by atoms with Gasteiger partial charge < -0.3 is 8.92 Å². The lowest BCUT2D eigenvalue weighted by atomic mass is 10.1. The molecule has 0 N–H and O–H groups in total. The fourth-order valence-electron chi connectivity index (χ4n) is 2.56. The van der Waals surface area contributed by atoms with Gasteiger partial charge in [-0.1, -0.05) is 35.4 Å². The van der Waals surface area contributed by atoms with E-state index in [1.165, 1.54) is 36.4 Å². The van der Waals surface area contributed by atoms with Gasteiger partial charge in [-0.15, -0.1) is 0 Å². The summed E-state index contributed by atoms with van der Waals surface area (Å²) in [5, 5.41) is 0. The predicted molar refractivity (Wildman–Crippen MR) is 111 cm³/mol. The minimum Gasteiger partial charge on any atom is -0.454 e. The number of rotatable bonds is 7. The van der Waals surface area contributed by atoms with Crippen LogP contribution in [0.1, 0.15) is 31.8 Å². The van der Waals surface area contributed by atoms with Crippen molar-refractivity contribution >= 4 is 21.9 Å². The third kappa shape index (κ3) is 5.33. The van der Waals surface area contributed by atoms with Gasteiger partial charge in [-0.25, -0.2) is 4.79 Å². The van der Waals surface area contributed by atoms with Crippen LogP contribution in [0.3, 0.4) is 0 Å². The first-order valence-corrected chi connectivity index (χ1v) is 10.5. The molecule has 0 aliphatic heterocycles. The van der Waals surface area contributed by atoms with Crippen LogP contribution in [-0.2, 0) is 14.9 Å². The number of hydrogen-bond acceptors (Lipinski definition) is 6. The van der Waals surface area contributed by atoms with Crippen molar-refractivity contribution in [3.05, 3.63) is 95.1 Å². The summed E-state index contributed by atoms with van der Waals surface area (Å²) in [6.45, 7) is 3.33. The van der Waals surface area contributed by atoms with Crippen molar-refractivity contribution in [3.63, 3.8) is 0 Å². The maximum absolute atomic E-state index is 12.3. The molecule has 3 aromatic carbocycles. The molecule has 0 unspecified atom stereocenters. The number of aryl methyl sites for hydroxylation is 2. The number of esters is 1. The maximum Gasteiger partial charge on any atom is 0.339 e. The minimum absolute atomic E-state index is 0.0382. The van der Waals surface area contributed by atoms with Crippen molar-refractivity contribution in [2.45, 2.75) is 18.7 Å². The van der Waals surface area contributed by atoms with E-state index < -0.39 is 28.5 Å². The Balaban J connectivity index is 1.60. The zero-order valence-electron chi connectivity index (χ0n) is 16.5. The number of carbonyl (C=O) groups is 2. The van der Waals surface area contributed by atoms with Gasteiger partial charge in [0, 0.05) is 5.56 Å². The molecule has 0 saturated carbocycles. The Morgan fingerprint density at radius 2 is 1.23 bits per heavy atom. The van der Waals surface area contributed by atoms with Crippen molar-refractivity contribution in [3.8, 4) is 5.75 Å². The molecular weight excluding hydrogens is 404 g/mol. The quantitative estimate of drug-likeness (QED) is 0.322. The molecule has 6 nitrogen and oxygen atoms in total. The Bertz CT molecular complexity index is 1150. The average Bonchev–Trinajstić information content (AvgIpc) is 2.73. The Labute approximate surface area is 175 Å². The second-order valence-electron chi connectivity index (χ2n) is 6.74. The molecule has 3 rings (SSSR count). The second kappa shape index (κ2) is 8.92. The minimum atomic E-state index is -3.97. The lowest BCUT2D eigenvalue weighted by Gasteiger charge is -2.08. The first-order chi connectivity index (χ1) is 14.2. The zero-order chi connectivity index (χ0) is 21.7. The van der Waals surface area contributed by atoms with Gasteiger partial charge in [-0.2, -0.15) is 8.42 Å². The number of hydrogen-bond donors (Lipinski definition) is 0. The molecule has 0 atom stereocenters. The summed E-state index contributed by atoms with van der Waals surface area (Å²) in [6, 6.07) is 18.7. The summed E-state index contributed by atoms with van der Waals surface area (Å²) in [5.74, 6) is -0.931. The molecule has 0 amide bonds. The summed E-state index contributed by atoms with van der Waals surface area (Å²) in [6.07, 6.45) is 0. The van der Waals surface area contributed by atoms with Gasteiger partial charge in [0.15, 0.2) is 12.4 Å². The van der Waals surface area contributed by atoms with Crippen molar-refractivity contribution in [2.24, 2.45) is 0 Å². The van der Waals surface area contributed by atoms with Gasteiger partial charge in [0.05, 0.1) is 5.56 Å². The van der Waals surface area contributed by atoms with E-state index in [1.807, 2.05) is 13.8 Å². The summed E-state index contributed by atoms with van der Waals surface area (Å²) in [7, 11) is -3.97. The molecule has 0 aliphatic rings. The molecule has 0 saturated heterocycles. The third-order valence-electron chi connectivity index (χ3n) is 4.31. The predicted octanol–water partition coefficient (Wildman–Crippen LogP) is 4.11. The molecule has 7 heteroatoms. The van der Waals surface area contributed by atoms with Crippen LogP contribution < -0.4 is 4.18 Å². The van der Waals surface area contributed by atoms with E-state index in [-0.39, 0.29) is 16.2 Å². The molecule has 154 valence electrons. The highest BCUT2D eigenvalue weighted by atomic mass is 32.2. The molecule has 0 fully saturated rings. The average molecular weight is 424 g/mol. The highest BCUT2D eigenvalue weighted by molar-refractivity contribution is 7.87. The second-order valence-corrected chi connectivity index (χ2v) is 8.29. The molecule has 0 radical (unpaired) electrons. The lowest BCUT2D eigenvalue weighted by molar-refractivity contribution is 0.0474. The molecule has 0 spiro atoms. The summed E-state index contributed by atoms with van der Waals surface area (Å²) in [5.41, 5.74) is 2.57. The van der Waals surface area contributed by atoms with Crippen LogP contribution in [-0.4, -0.2) is 26.8 Å². The topological polar surface area (TPSA) is 86.7 Å². The Kier molecular flexibility index (Phi) is 6.32. The Morgan fingerprint density at radius 1 is 0.733 bits per heavy atom. The SMILES string of the molecule is Cc1ccc(C(=O)OCC(=O)c2ccc(OS(=O)(=O)c3ccc(C)cc3)cc2)cc1. The van der Waals surface area contributed by atoms with Gasteiger partial charge in [-0.3, -0.25) is 4.79 Å². The highest BCUT2D eigenvalue weighted by Crippen LogP contribution is 2.20. The molecule has 0 aliphatic carbocycles. The molecule has 0 heterocycles. The molecule has 0 bridgehead atoms. The fourth-order valence-corrected chi connectivity index (χ4v) is 3.49. The van der Waals surface area contributed by atoms with Crippen molar-refractivity contribution < 1.29 is 26.9 Å². The molecular formula is C23H20O6S. The van der Waals surface area contributed by atoms with Crippen molar-refractivity contribution in [2.75, 3.05) is 6.61 Å². The van der Waals surface area contributed by atoms with Gasteiger partial charge >= 0.3 is 16.1 Å². The smallest absolute Gasteiger partial charge is 0.339 e. The molecule has 0 aromatic heterocycles. The Morgan fingerprint density at radius 3 is 1.80 bits per heavy atom. The first-order valence-electron chi connectivity index (χ1n) is 9.13. The van der Waals surface area contributed by atoms with Crippen LogP contribution >= 0.6 is 0 Å². The van der Waals surface area contributed by atoms with Crippen LogP contribution in [0.5, 0.6) is 5.75 Å². The summed E-state index contributed by atoms with van der Waals surface area (Å²) < 4.78 is 34.8. The van der Waals surface area contributed by atoms with E-state index in [2.05, 4.69) is 0 Å². The number of Topliss-reactive ketones (excluding diaryl/α,β-unsaturated/α-hetero) is 1. The Hall–Kier alpha value is -3.45. The van der Waals surface area contributed by atoms with Crippen molar-refractivity contribution in [1.82, 2.24) is 0 Å². The summed E-state index contributed by atoms with van der Waals surface area (Å²) >= 11 is 0. The van der Waals surface area contributed by atoms with E-state index in [0.717, 1.165) is 11.1 Å². The fraction of sp³-hybridized carbons (Fsp3) is 0.130. The van der Waals surface area contributed by atoms with Crippen LogP contribution in [0.15, 0.2) is 77.7 Å². The van der Waals surface area contributed by atoms with Gasteiger partial charge in [0.1, 0.15) is 10.6 Å².